The van der Waals surface area contributed by atoms with Gasteiger partial charge in [-0.1, -0.05) is 12.1 Å². The molecule has 1 unspecified atom stereocenters. The average molecular weight is 385 g/mol. The standard InChI is InChI=1S/C16H14F3N3O3S/c1-25-12-4-2-11(3-5-12)15(16(17,18)19)21-26(23,24)13-6-7-14-20-8-9-22(14)10-13/h2-10,15,21H,1H3. The van der Waals surface area contributed by atoms with Gasteiger partial charge >= 0.3 is 6.18 Å². The lowest BCUT2D eigenvalue weighted by Gasteiger charge is -2.22. The summed E-state index contributed by atoms with van der Waals surface area (Å²) in [6.45, 7) is 0. The first-order valence-electron chi connectivity index (χ1n) is 7.36. The molecular formula is C16H14F3N3O3S. The maximum Gasteiger partial charge on any atom is 0.408 e. The van der Waals surface area contributed by atoms with Crippen molar-refractivity contribution < 1.29 is 26.3 Å². The van der Waals surface area contributed by atoms with Gasteiger partial charge in [-0.25, -0.2) is 13.4 Å². The highest BCUT2D eigenvalue weighted by Gasteiger charge is 2.43. The molecule has 3 rings (SSSR count). The molecule has 6 nitrogen and oxygen atoms in total. The number of fused-ring (bicyclic) bond motifs is 1. The number of benzene rings is 1. The second kappa shape index (κ2) is 6.61. The van der Waals surface area contributed by atoms with Crippen molar-refractivity contribution >= 4 is 15.7 Å². The Morgan fingerprint density at radius 3 is 2.46 bits per heavy atom. The Hall–Kier alpha value is -2.59. The highest BCUT2D eigenvalue weighted by Crippen LogP contribution is 2.34. The van der Waals surface area contributed by atoms with Crippen LogP contribution in [0.5, 0.6) is 5.75 Å². The van der Waals surface area contributed by atoms with Crippen LogP contribution in [-0.4, -0.2) is 31.1 Å². The number of nitrogens with one attached hydrogen (secondary N) is 1. The Kier molecular flexibility index (Phi) is 4.63. The monoisotopic (exact) mass is 385 g/mol. The average Bonchev–Trinajstić information content (AvgIpc) is 3.06. The predicted molar refractivity (Wildman–Crippen MR) is 87.3 cm³/mol. The van der Waals surface area contributed by atoms with E-state index < -0.39 is 22.2 Å². The minimum absolute atomic E-state index is 0.245. The van der Waals surface area contributed by atoms with Crippen molar-refractivity contribution in [3.8, 4) is 5.75 Å². The molecular weight excluding hydrogens is 371 g/mol. The molecule has 0 radical (unpaired) electrons. The quantitative estimate of drug-likeness (QED) is 0.733. The van der Waals surface area contributed by atoms with Crippen molar-refractivity contribution in [2.24, 2.45) is 0 Å². The number of sulfonamides is 1. The summed E-state index contributed by atoms with van der Waals surface area (Å²) in [6.07, 6.45) is -0.666. The van der Waals surface area contributed by atoms with Gasteiger partial charge in [0.2, 0.25) is 10.0 Å². The summed E-state index contributed by atoms with van der Waals surface area (Å²) < 4.78 is 73.4. The van der Waals surface area contributed by atoms with Gasteiger partial charge in [0.25, 0.3) is 0 Å². The van der Waals surface area contributed by atoms with Crippen LogP contribution in [0, 0.1) is 0 Å². The van der Waals surface area contributed by atoms with Gasteiger partial charge < -0.3 is 9.14 Å². The van der Waals surface area contributed by atoms with Crippen LogP contribution in [0.15, 0.2) is 59.9 Å². The minimum atomic E-state index is -4.82. The SMILES string of the molecule is COc1ccc(C(NS(=O)(=O)c2ccc3nccn3c2)C(F)(F)F)cc1. The molecule has 3 aromatic rings. The van der Waals surface area contributed by atoms with E-state index >= 15 is 0 Å². The third-order valence-electron chi connectivity index (χ3n) is 3.72. The van der Waals surface area contributed by atoms with E-state index in [0.29, 0.717) is 11.4 Å². The zero-order valence-corrected chi connectivity index (χ0v) is 14.3. The first-order valence-corrected chi connectivity index (χ1v) is 8.85. The van der Waals surface area contributed by atoms with E-state index in [4.69, 9.17) is 4.74 Å². The molecule has 10 heteroatoms. The van der Waals surface area contributed by atoms with Gasteiger partial charge in [0.15, 0.2) is 0 Å². The van der Waals surface area contributed by atoms with Crippen LogP contribution in [0.3, 0.4) is 0 Å². The number of hydrogen-bond acceptors (Lipinski definition) is 4. The summed E-state index contributed by atoms with van der Waals surface area (Å²) in [7, 11) is -3.05. The summed E-state index contributed by atoms with van der Waals surface area (Å²) in [5.74, 6) is 0.364. The van der Waals surface area contributed by atoms with Gasteiger partial charge in [-0.3, -0.25) is 0 Å². The maximum atomic E-state index is 13.5. The van der Waals surface area contributed by atoms with Crippen molar-refractivity contribution in [2.45, 2.75) is 17.1 Å². The van der Waals surface area contributed by atoms with E-state index in [1.165, 1.54) is 66.5 Å². The van der Waals surface area contributed by atoms with Crippen molar-refractivity contribution in [3.05, 3.63) is 60.6 Å². The third-order valence-corrected chi connectivity index (χ3v) is 5.13. The molecule has 0 bridgehead atoms. The fourth-order valence-corrected chi connectivity index (χ4v) is 3.62. The van der Waals surface area contributed by atoms with Gasteiger partial charge in [0.05, 0.1) is 12.0 Å². The van der Waals surface area contributed by atoms with E-state index in [2.05, 4.69) is 4.98 Å². The molecule has 0 aliphatic rings. The molecule has 0 fully saturated rings. The summed E-state index contributed by atoms with van der Waals surface area (Å²) in [4.78, 5) is 3.66. The van der Waals surface area contributed by atoms with E-state index in [-0.39, 0.29) is 10.5 Å². The highest BCUT2D eigenvalue weighted by molar-refractivity contribution is 7.89. The molecule has 1 N–H and O–H groups in total. The number of nitrogens with zero attached hydrogens (tertiary/aromatic N) is 2. The first-order chi connectivity index (χ1) is 12.2. The number of halogens is 3. The Morgan fingerprint density at radius 2 is 1.85 bits per heavy atom. The smallest absolute Gasteiger partial charge is 0.408 e. The second-order valence-electron chi connectivity index (χ2n) is 5.43. The number of imidazole rings is 1. The van der Waals surface area contributed by atoms with Crippen molar-refractivity contribution in [1.29, 1.82) is 0 Å². The van der Waals surface area contributed by atoms with Crippen LogP contribution >= 0.6 is 0 Å². The number of methoxy groups -OCH3 is 1. The van der Waals surface area contributed by atoms with Crippen LogP contribution < -0.4 is 9.46 Å². The molecule has 138 valence electrons. The van der Waals surface area contributed by atoms with Crippen LogP contribution in [0.2, 0.25) is 0 Å². The number of pyridine rings is 1. The van der Waals surface area contributed by atoms with Gasteiger partial charge in [0, 0.05) is 18.6 Å². The number of ether oxygens (including phenoxy) is 1. The van der Waals surface area contributed by atoms with Crippen molar-refractivity contribution in [3.63, 3.8) is 0 Å². The number of hydrogen-bond donors (Lipinski definition) is 1. The van der Waals surface area contributed by atoms with Crippen LogP contribution in [0.1, 0.15) is 11.6 Å². The van der Waals surface area contributed by atoms with Crippen LogP contribution in [0.25, 0.3) is 5.65 Å². The molecule has 1 atom stereocenters. The van der Waals surface area contributed by atoms with Crippen LogP contribution in [-0.2, 0) is 10.0 Å². The fraction of sp³-hybridized carbons (Fsp3) is 0.188. The lowest BCUT2D eigenvalue weighted by atomic mass is 10.1. The molecule has 0 saturated heterocycles. The van der Waals surface area contributed by atoms with E-state index in [0.717, 1.165) is 0 Å². The Bertz CT molecular complexity index is 1010. The summed E-state index contributed by atoms with van der Waals surface area (Å²) in [5, 5.41) is 0. The second-order valence-corrected chi connectivity index (χ2v) is 7.14. The summed E-state index contributed by atoms with van der Waals surface area (Å²) >= 11 is 0. The Morgan fingerprint density at radius 1 is 1.15 bits per heavy atom. The molecule has 0 saturated carbocycles. The van der Waals surface area contributed by atoms with E-state index in [1.807, 2.05) is 0 Å². The number of rotatable bonds is 5. The zero-order valence-electron chi connectivity index (χ0n) is 13.4. The molecule has 2 heterocycles. The number of aromatic nitrogens is 2. The van der Waals surface area contributed by atoms with Gasteiger partial charge in [0.1, 0.15) is 17.4 Å². The normalized spacial score (nSPS) is 13.7. The molecule has 0 amide bonds. The largest absolute Gasteiger partial charge is 0.497 e. The van der Waals surface area contributed by atoms with Crippen molar-refractivity contribution in [2.75, 3.05) is 7.11 Å². The molecule has 2 aromatic heterocycles. The minimum Gasteiger partial charge on any atom is -0.497 e. The molecule has 0 aliphatic heterocycles. The summed E-state index contributed by atoms with van der Waals surface area (Å²) in [5.41, 5.74) is 0.233. The number of alkyl halides is 3. The molecule has 1 aromatic carbocycles. The lowest BCUT2D eigenvalue weighted by Crippen LogP contribution is -2.38. The Labute approximate surface area is 147 Å². The van der Waals surface area contributed by atoms with Gasteiger partial charge in [-0.15, -0.1) is 0 Å². The summed E-state index contributed by atoms with van der Waals surface area (Å²) in [6, 6.07) is 5.21. The lowest BCUT2D eigenvalue weighted by molar-refractivity contribution is -0.153. The predicted octanol–water partition coefficient (Wildman–Crippen LogP) is 2.92. The zero-order chi connectivity index (χ0) is 18.9. The molecule has 26 heavy (non-hydrogen) atoms. The third kappa shape index (κ3) is 3.65. The molecule has 0 aliphatic carbocycles. The van der Waals surface area contributed by atoms with E-state index in [9.17, 15) is 21.6 Å². The van der Waals surface area contributed by atoms with E-state index in [1.54, 1.807) is 4.72 Å². The highest BCUT2D eigenvalue weighted by atomic mass is 32.2. The Balaban J connectivity index is 1.96. The first kappa shape index (κ1) is 18.2. The maximum absolute atomic E-state index is 13.5. The fourth-order valence-electron chi connectivity index (χ4n) is 2.40. The van der Waals surface area contributed by atoms with Gasteiger partial charge in [-0.05, 0) is 29.8 Å². The van der Waals surface area contributed by atoms with Gasteiger partial charge in [-0.2, -0.15) is 17.9 Å². The van der Waals surface area contributed by atoms with Crippen molar-refractivity contribution in [1.82, 2.24) is 14.1 Å². The topological polar surface area (TPSA) is 72.7 Å². The van der Waals surface area contributed by atoms with Crippen LogP contribution in [0.4, 0.5) is 13.2 Å². The molecule has 0 spiro atoms.